The summed E-state index contributed by atoms with van der Waals surface area (Å²) in [5, 5.41) is 3.77. The van der Waals surface area contributed by atoms with E-state index in [0.717, 1.165) is 57.5 Å². The molecule has 8 rings (SSSR count). The number of alkyl carbamates (subject to hydrolysis) is 1. The topological polar surface area (TPSA) is 133 Å². The number of methoxy groups -OCH3 is 1. The van der Waals surface area contributed by atoms with Crippen molar-refractivity contribution >= 4 is 35.5 Å². The number of H-pyrrole nitrogens is 1. The lowest BCUT2D eigenvalue weighted by Gasteiger charge is -2.37. The van der Waals surface area contributed by atoms with Crippen molar-refractivity contribution in [3.05, 3.63) is 78.1 Å². The molecule has 2 fully saturated rings. The van der Waals surface area contributed by atoms with Crippen LogP contribution in [0.25, 0.3) is 33.4 Å². The molecule has 0 spiro atoms. The van der Waals surface area contributed by atoms with Crippen molar-refractivity contribution in [1.82, 2.24) is 24.8 Å². The molecule has 0 radical (unpaired) electrons. The number of aryl methyl sites for hydroxylation is 1. The van der Waals surface area contributed by atoms with Gasteiger partial charge in [-0.1, -0.05) is 32.0 Å². The van der Waals surface area contributed by atoms with E-state index < -0.39 is 42.2 Å². The van der Waals surface area contributed by atoms with Crippen molar-refractivity contribution in [1.29, 1.82) is 0 Å². The summed E-state index contributed by atoms with van der Waals surface area (Å²) in [5.74, 6) is 2.60. The second-order valence-corrected chi connectivity index (χ2v) is 16.3. The van der Waals surface area contributed by atoms with Crippen molar-refractivity contribution in [2.75, 3.05) is 13.7 Å². The Balaban J connectivity index is 1.14. The first kappa shape index (κ1) is 36.0. The highest BCUT2D eigenvalue weighted by molar-refractivity contribution is 6.62. The molecule has 2 amide bonds. The zero-order chi connectivity index (χ0) is 38.3. The van der Waals surface area contributed by atoms with Crippen molar-refractivity contribution in [3.63, 3.8) is 0 Å². The number of furan rings is 1. The number of nitrogens with one attached hydrogen (secondary N) is 2. The summed E-state index contributed by atoms with van der Waals surface area (Å²) in [7, 11) is 0.819. The maximum Gasteiger partial charge on any atom is 0.494 e. The largest absolute Gasteiger partial charge is 0.494 e. The van der Waals surface area contributed by atoms with Crippen LogP contribution in [0.1, 0.15) is 84.9 Å². The number of hydrogen-bond acceptors (Lipinski definition) is 8. The molecule has 5 aromatic rings. The molecular weight excluding hydrogens is 685 g/mol. The number of rotatable bonds is 7. The fourth-order valence-corrected chi connectivity index (χ4v) is 7.96. The lowest BCUT2D eigenvalue weighted by atomic mass is 9.78. The van der Waals surface area contributed by atoms with Crippen LogP contribution < -0.4 is 15.5 Å². The van der Waals surface area contributed by atoms with Crippen molar-refractivity contribution in [2.45, 2.75) is 97.2 Å². The van der Waals surface area contributed by atoms with E-state index in [1.54, 1.807) is 6.20 Å². The van der Waals surface area contributed by atoms with Gasteiger partial charge in [0.05, 0.1) is 47.0 Å². The van der Waals surface area contributed by atoms with Gasteiger partial charge < -0.3 is 38.4 Å². The van der Waals surface area contributed by atoms with Gasteiger partial charge in [-0.25, -0.2) is 9.78 Å². The Bertz CT molecular complexity index is 2250. The molecule has 54 heavy (non-hydrogen) atoms. The molecule has 3 aliphatic rings. The summed E-state index contributed by atoms with van der Waals surface area (Å²) in [5.41, 5.74) is 4.02. The van der Waals surface area contributed by atoms with Crippen LogP contribution in [0.5, 0.6) is 5.75 Å². The predicted octanol–water partition coefficient (Wildman–Crippen LogP) is 7.06. The Morgan fingerprint density at radius 1 is 1.02 bits per heavy atom. The Morgan fingerprint density at radius 3 is 2.46 bits per heavy atom. The average molecular weight is 734 g/mol. The molecule has 1 unspecified atom stereocenters. The summed E-state index contributed by atoms with van der Waals surface area (Å²) < 4.78 is 32.8. The summed E-state index contributed by atoms with van der Waals surface area (Å²) in [6.45, 7) is 16.6. The second kappa shape index (κ2) is 12.8. The second-order valence-electron chi connectivity index (χ2n) is 16.3. The summed E-state index contributed by atoms with van der Waals surface area (Å²) >= 11 is 0. The van der Waals surface area contributed by atoms with Gasteiger partial charge in [0, 0.05) is 23.1 Å². The maximum absolute atomic E-state index is 13.9. The van der Waals surface area contributed by atoms with E-state index in [1.165, 1.54) is 7.11 Å². The molecule has 12 nitrogen and oxygen atoms in total. The molecule has 2 saturated heterocycles. The molecule has 3 atom stereocenters. The number of ether oxygens (including phenoxy) is 2. The number of carbonyl (C=O) groups is 2. The van der Waals surface area contributed by atoms with Crippen LogP contribution in [0.4, 0.5) is 4.79 Å². The lowest BCUT2D eigenvalue weighted by Crippen LogP contribution is -2.55. The molecule has 3 aliphatic heterocycles. The van der Waals surface area contributed by atoms with Gasteiger partial charge in [0.25, 0.3) is 0 Å². The molecule has 2 N–H and O–H groups in total. The summed E-state index contributed by atoms with van der Waals surface area (Å²) in [6, 6.07) is 17.8. The normalized spacial score (nSPS) is 21.9. The zero-order valence-corrected chi connectivity index (χ0v) is 32.4. The number of amides is 2. The van der Waals surface area contributed by atoms with Gasteiger partial charge in [-0.2, -0.15) is 0 Å². The smallest absolute Gasteiger partial charge is 0.462 e. The van der Waals surface area contributed by atoms with E-state index in [0.29, 0.717) is 23.9 Å². The van der Waals surface area contributed by atoms with Crippen molar-refractivity contribution in [3.8, 4) is 28.3 Å². The quantitative estimate of drug-likeness (QED) is 0.170. The molecule has 3 aromatic heterocycles. The first-order valence-electron chi connectivity index (χ1n) is 18.7. The molecule has 0 aliphatic carbocycles. The Hall–Kier alpha value is -5.01. The number of benzene rings is 2. The molecule has 13 heteroatoms. The highest BCUT2D eigenvalue weighted by Crippen LogP contribution is 2.46. The van der Waals surface area contributed by atoms with E-state index >= 15 is 0 Å². The van der Waals surface area contributed by atoms with E-state index in [9.17, 15) is 9.59 Å². The molecule has 0 saturated carbocycles. The Labute approximate surface area is 315 Å². The van der Waals surface area contributed by atoms with Gasteiger partial charge in [-0.05, 0) is 102 Å². The number of aromatic nitrogens is 3. The van der Waals surface area contributed by atoms with Gasteiger partial charge in [0.15, 0.2) is 5.76 Å². The zero-order valence-electron chi connectivity index (χ0n) is 32.4. The minimum atomic E-state index is -0.723. The third-order valence-electron chi connectivity index (χ3n) is 11.8. The monoisotopic (exact) mass is 733 g/mol. The van der Waals surface area contributed by atoms with Gasteiger partial charge in [0.1, 0.15) is 23.4 Å². The van der Waals surface area contributed by atoms with Gasteiger partial charge >= 0.3 is 13.2 Å². The van der Waals surface area contributed by atoms with Crippen molar-refractivity contribution in [2.24, 2.45) is 5.92 Å². The van der Waals surface area contributed by atoms with E-state index in [2.05, 4.69) is 79.0 Å². The van der Waals surface area contributed by atoms with Crippen LogP contribution in [0.2, 0.25) is 0 Å². The third kappa shape index (κ3) is 5.79. The van der Waals surface area contributed by atoms with Gasteiger partial charge in [-0.15, -0.1) is 0 Å². The maximum atomic E-state index is 13.9. The highest BCUT2D eigenvalue weighted by Gasteiger charge is 2.52. The van der Waals surface area contributed by atoms with Crippen LogP contribution in [-0.2, 0) is 24.4 Å². The van der Waals surface area contributed by atoms with E-state index in [-0.39, 0.29) is 11.8 Å². The van der Waals surface area contributed by atoms with Crippen LogP contribution in [0.15, 0.2) is 65.2 Å². The SMILES string of the molecule is COC(=O)N[C@H](C(=O)N1CCC[C@]1(C)c1ncc(-c2ccc3c(c2)OC(c2ccc(C)o2)n2c-3cc3cc(B4OC(C)(C)C(C)(C)O4)ccc32)[nH]1)C(C)C. The fourth-order valence-electron chi connectivity index (χ4n) is 7.96. The molecule has 282 valence electrons. The Kier molecular flexibility index (Phi) is 8.53. The van der Waals surface area contributed by atoms with Crippen molar-refractivity contribution < 1.29 is 32.8 Å². The molecule has 0 bridgehead atoms. The molecular formula is C41H48BN5O7. The predicted molar refractivity (Wildman–Crippen MR) is 205 cm³/mol. The number of nitrogens with zero attached hydrogens (tertiary/aromatic N) is 3. The first-order chi connectivity index (χ1) is 25.6. The lowest BCUT2D eigenvalue weighted by molar-refractivity contribution is -0.138. The number of imidazole rings is 1. The highest BCUT2D eigenvalue weighted by atomic mass is 16.7. The van der Waals surface area contributed by atoms with Crippen LogP contribution in [0.3, 0.4) is 0 Å². The first-order valence-corrected chi connectivity index (χ1v) is 18.7. The number of likely N-dealkylation sites (tertiary alicyclic amines) is 1. The van der Waals surface area contributed by atoms with Crippen LogP contribution >= 0.6 is 0 Å². The Morgan fingerprint density at radius 2 is 1.78 bits per heavy atom. The van der Waals surface area contributed by atoms with Gasteiger partial charge in [0.2, 0.25) is 12.1 Å². The number of carbonyl (C=O) groups excluding carboxylic acids is 2. The minimum Gasteiger partial charge on any atom is -0.462 e. The van der Waals surface area contributed by atoms with Gasteiger partial charge in [-0.3, -0.25) is 9.36 Å². The fraction of sp³-hybridized carbons (Fsp3) is 0.439. The molecule has 6 heterocycles. The van der Waals surface area contributed by atoms with E-state index in [1.807, 2.05) is 50.8 Å². The minimum absolute atomic E-state index is 0.131. The number of aromatic amines is 1. The number of fused-ring (bicyclic) bond motifs is 5. The molecule has 2 aromatic carbocycles. The number of hydrogen-bond donors (Lipinski definition) is 2. The summed E-state index contributed by atoms with van der Waals surface area (Å²) in [6.07, 6.45) is 2.17. The van der Waals surface area contributed by atoms with E-state index in [4.69, 9.17) is 28.2 Å². The third-order valence-corrected chi connectivity index (χ3v) is 11.8. The van der Waals surface area contributed by atoms with Crippen LogP contribution in [-0.4, -0.2) is 69.5 Å². The van der Waals surface area contributed by atoms with Crippen LogP contribution in [0, 0.1) is 12.8 Å². The summed E-state index contributed by atoms with van der Waals surface area (Å²) in [4.78, 5) is 36.2. The average Bonchev–Trinajstić information content (AvgIpc) is 3.96. The standard InChI is InChI=1S/C41H48BN5O7/c1-23(2)34(45-38(49)50-9)35(48)46-18-10-17-41(46,8)37-43-22-29(44-37)25-12-14-28-31-20-26-19-27(42-53-39(4,5)40(6,7)54-42)13-15-30(26)47(31)36(52-33(28)21-25)32-16-11-24(3)51-32/h11-16,19-23,34,36H,10,17-18H2,1-9H3,(H,43,44)(H,45,49)/t34-,36?,41+/m0/s1.